The highest BCUT2D eigenvalue weighted by atomic mass is 79.9. The van der Waals surface area contributed by atoms with E-state index in [1.54, 1.807) is 54.5 Å². The van der Waals surface area contributed by atoms with Gasteiger partial charge in [0.1, 0.15) is 29.8 Å². The number of ether oxygens (including phenoxy) is 3. The highest BCUT2D eigenvalue weighted by molar-refractivity contribution is 9.10. The van der Waals surface area contributed by atoms with E-state index in [0.29, 0.717) is 40.8 Å². The van der Waals surface area contributed by atoms with Crippen LogP contribution in [0.15, 0.2) is 71.2 Å². The number of anilines is 2. The number of benzene rings is 3. The van der Waals surface area contributed by atoms with Crippen LogP contribution in [0.5, 0.6) is 17.2 Å². The second kappa shape index (κ2) is 10.2. The van der Waals surface area contributed by atoms with Crippen LogP contribution in [0.25, 0.3) is 0 Å². The van der Waals surface area contributed by atoms with Gasteiger partial charge in [0.05, 0.1) is 26.5 Å². The van der Waals surface area contributed by atoms with Gasteiger partial charge in [-0.2, -0.15) is 0 Å². The number of methoxy groups -OCH3 is 2. The Hall–Kier alpha value is -3.52. The first-order chi connectivity index (χ1) is 16.5. The summed E-state index contributed by atoms with van der Waals surface area (Å²) in [5.41, 5.74) is 1.82. The molecule has 0 bridgehead atoms. The van der Waals surface area contributed by atoms with Gasteiger partial charge in [0.2, 0.25) is 5.91 Å². The summed E-state index contributed by atoms with van der Waals surface area (Å²) >= 11 is 3.49. The summed E-state index contributed by atoms with van der Waals surface area (Å²) in [4.78, 5) is 30.5. The van der Waals surface area contributed by atoms with Crippen LogP contribution in [-0.2, 0) is 9.59 Å². The van der Waals surface area contributed by atoms with E-state index in [0.717, 1.165) is 4.47 Å². The maximum atomic E-state index is 14.0. The third-order valence-electron chi connectivity index (χ3n) is 5.59. The van der Waals surface area contributed by atoms with Crippen molar-refractivity contribution in [1.29, 1.82) is 0 Å². The number of halogens is 1. The normalized spacial score (nSPS) is 15.9. The molecule has 1 heterocycles. The summed E-state index contributed by atoms with van der Waals surface area (Å²) in [6.07, 6.45) is 0. The lowest BCUT2D eigenvalue weighted by Crippen LogP contribution is -2.56. The van der Waals surface area contributed by atoms with Crippen molar-refractivity contribution < 1.29 is 23.8 Å². The zero-order valence-corrected chi connectivity index (χ0v) is 20.7. The number of carbonyl (C=O) groups is 2. The van der Waals surface area contributed by atoms with Gasteiger partial charge in [-0.1, -0.05) is 28.1 Å². The van der Waals surface area contributed by atoms with Gasteiger partial charge in [-0.3, -0.25) is 19.4 Å². The Labute approximate surface area is 207 Å². The smallest absolute Gasteiger partial charge is 0.255 e. The van der Waals surface area contributed by atoms with Crippen LogP contribution in [0.4, 0.5) is 11.4 Å². The molecule has 1 saturated heterocycles. The molecule has 176 valence electrons. The molecular formula is C26H25BrN2O5. The van der Waals surface area contributed by atoms with Crippen molar-refractivity contribution in [3.05, 3.63) is 76.8 Å². The van der Waals surface area contributed by atoms with Crippen molar-refractivity contribution >= 4 is 39.1 Å². The molecule has 0 radical (unpaired) electrons. The second-order valence-corrected chi connectivity index (χ2v) is 8.53. The van der Waals surface area contributed by atoms with Gasteiger partial charge in [0, 0.05) is 16.2 Å². The number of carbonyl (C=O) groups excluding carboxylic acids is 2. The van der Waals surface area contributed by atoms with Crippen molar-refractivity contribution in [3.63, 3.8) is 0 Å². The largest absolute Gasteiger partial charge is 0.497 e. The van der Waals surface area contributed by atoms with Crippen LogP contribution >= 0.6 is 15.9 Å². The molecule has 0 unspecified atom stereocenters. The third kappa shape index (κ3) is 4.59. The minimum absolute atomic E-state index is 0.126. The average Bonchev–Trinajstić information content (AvgIpc) is 2.85. The van der Waals surface area contributed by atoms with Crippen LogP contribution in [0.2, 0.25) is 0 Å². The lowest BCUT2D eigenvalue weighted by Gasteiger charge is -2.40. The van der Waals surface area contributed by atoms with Crippen molar-refractivity contribution in [3.8, 4) is 17.2 Å². The minimum atomic E-state index is -0.858. The number of nitrogens with zero attached hydrogens (tertiary/aromatic N) is 2. The van der Waals surface area contributed by atoms with Crippen LogP contribution in [0, 0.1) is 0 Å². The van der Waals surface area contributed by atoms with Gasteiger partial charge in [-0.25, -0.2) is 0 Å². The molecule has 2 amide bonds. The van der Waals surface area contributed by atoms with Crippen LogP contribution in [-0.4, -0.2) is 39.2 Å². The van der Waals surface area contributed by atoms with Crippen LogP contribution in [0.3, 0.4) is 0 Å². The van der Waals surface area contributed by atoms with E-state index >= 15 is 0 Å². The molecule has 8 heteroatoms. The predicted molar refractivity (Wildman–Crippen MR) is 134 cm³/mol. The Morgan fingerprint density at radius 1 is 0.941 bits per heavy atom. The molecule has 0 saturated carbocycles. The molecule has 1 fully saturated rings. The fourth-order valence-corrected chi connectivity index (χ4v) is 4.45. The van der Waals surface area contributed by atoms with E-state index in [1.165, 1.54) is 12.0 Å². The Balaban J connectivity index is 1.80. The number of hydrogen-bond acceptors (Lipinski definition) is 5. The van der Waals surface area contributed by atoms with Gasteiger partial charge >= 0.3 is 0 Å². The molecule has 0 N–H and O–H groups in total. The van der Waals surface area contributed by atoms with Gasteiger partial charge in [-0.05, 0) is 61.0 Å². The molecule has 0 aromatic heterocycles. The maximum absolute atomic E-state index is 14.0. The van der Waals surface area contributed by atoms with Gasteiger partial charge in [0.15, 0.2) is 0 Å². The number of amides is 2. The summed E-state index contributed by atoms with van der Waals surface area (Å²) in [7, 11) is 3.08. The molecule has 1 aliphatic heterocycles. The second-order valence-electron chi connectivity index (χ2n) is 7.61. The van der Waals surface area contributed by atoms with Crippen molar-refractivity contribution in [2.75, 3.05) is 37.2 Å². The Morgan fingerprint density at radius 2 is 1.68 bits per heavy atom. The summed E-state index contributed by atoms with van der Waals surface area (Å²) < 4.78 is 17.1. The SMILES string of the molecule is CCOc1ccc(N2C(=O)CN(c3ccc(OC)cc3OC)C(=O)[C@H]2c2cccc(Br)c2)cc1. The molecule has 4 rings (SSSR count). The van der Waals surface area contributed by atoms with E-state index in [4.69, 9.17) is 14.2 Å². The first kappa shape index (κ1) is 23.6. The monoisotopic (exact) mass is 524 g/mol. The highest BCUT2D eigenvalue weighted by Crippen LogP contribution is 2.39. The summed E-state index contributed by atoms with van der Waals surface area (Å²) in [6, 6.07) is 18.9. The Kier molecular flexibility index (Phi) is 7.07. The first-order valence-electron chi connectivity index (χ1n) is 10.8. The first-order valence-corrected chi connectivity index (χ1v) is 11.6. The average molecular weight is 525 g/mol. The van der Waals surface area contributed by atoms with E-state index < -0.39 is 6.04 Å². The Bertz CT molecular complexity index is 1200. The quantitative estimate of drug-likeness (QED) is 0.435. The lowest BCUT2D eigenvalue weighted by molar-refractivity contribution is -0.128. The molecule has 7 nitrogen and oxygen atoms in total. The molecule has 0 spiro atoms. The molecule has 3 aromatic carbocycles. The number of piperazine rings is 1. The highest BCUT2D eigenvalue weighted by Gasteiger charge is 2.42. The minimum Gasteiger partial charge on any atom is -0.497 e. The fraction of sp³-hybridized carbons (Fsp3) is 0.231. The Morgan fingerprint density at radius 3 is 2.32 bits per heavy atom. The standard InChI is InChI=1S/C26H25BrN2O5/c1-4-34-20-10-8-19(9-11-20)29-24(30)16-28(22-13-12-21(32-2)15-23(22)33-3)26(31)25(29)17-6-5-7-18(27)14-17/h5-15,25H,4,16H2,1-3H3/t25-/m1/s1. The van der Waals surface area contributed by atoms with Crippen molar-refractivity contribution in [1.82, 2.24) is 0 Å². The molecule has 1 atom stereocenters. The van der Waals surface area contributed by atoms with Crippen molar-refractivity contribution in [2.45, 2.75) is 13.0 Å². The fourth-order valence-electron chi connectivity index (χ4n) is 4.03. The van der Waals surface area contributed by atoms with Gasteiger partial charge < -0.3 is 14.2 Å². The zero-order valence-electron chi connectivity index (χ0n) is 19.2. The van der Waals surface area contributed by atoms with E-state index in [2.05, 4.69) is 15.9 Å². The number of rotatable bonds is 7. The summed E-state index contributed by atoms with van der Waals surface area (Å²) in [6.45, 7) is 2.32. The van der Waals surface area contributed by atoms with Crippen LogP contribution < -0.4 is 24.0 Å². The van der Waals surface area contributed by atoms with E-state index in [-0.39, 0.29) is 18.4 Å². The molecule has 3 aromatic rings. The maximum Gasteiger partial charge on any atom is 0.255 e. The van der Waals surface area contributed by atoms with E-state index in [1.807, 2.05) is 31.2 Å². The van der Waals surface area contributed by atoms with E-state index in [9.17, 15) is 9.59 Å². The van der Waals surface area contributed by atoms with Crippen molar-refractivity contribution in [2.24, 2.45) is 0 Å². The number of hydrogen-bond donors (Lipinski definition) is 0. The summed E-state index contributed by atoms with van der Waals surface area (Å²) in [5, 5.41) is 0. The molecular weight excluding hydrogens is 500 g/mol. The molecule has 0 aliphatic carbocycles. The van der Waals surface area contributed by atoms with Gasteiger partial charge in [0.25, 0.3) is 5.91 Å². The molecule has 34 heavy (non-hydrogen) atoms. The van der Waals surface area contributed by atoms with Gasteiger partial charge in [-0.15, -0.1) is 0 Å². The lowest BCUT2D eigenvalue weighted by atomic mass is 9.99. The molecule has 1 aliphatic rings. The topological polar surface area (TPSA) is 68.3 Å². The third-order valence-corrected chi connectivity index (χ3v) is 6.08. The predicted octanol–water partition coefficient (Wildman–Crippen LogP) is 4.99. The zero-order chi connectivity index (χ0) is 24.2. The van der Waals surface area contributed by atoms with Crippen LogP contribution in [0.1, 0.15) is 18.5 Å². The summed E-state index contributed by atoms with van der Waals surface area (Å²) in [5.74, 6) is 1.28.